The van der Waals surface area contributed by atoms with Gasteiger partial charge in [0.25, 0.3) is 0 Å². The average Bonchev–Trinajstić information content (AvgIpc) is 2.49. The van der Waals surface area contributed by atoms with E-state index in [4.69, 9.17) is 0 Å². The smallest absolute Gasteiger partial charge is 0.228 e. The minimum absolute atomic E-state index is 0.0368. The highest BCUT2D eigenvalue weighted by atomic mass is 32.2. The maximum Gasteiger partial charge on any atom is 0.228 e. The van der Waals surface area contributed by atoms with E-state index in [1.807, 2.05) is 39.0 Å². The van der Waals surface area contributed by atoms with Gasteiger partial charge in [0.1, 0.15) is 0 Å². The van der Waals surface area contributed by atoms with E-state index in [0.29, 0.717) is 0 Å². The van der Waals surface area contributed by atoms with Crippen LogP contribution in [0.15, 0.2) is 47.4 Å². The second kappa shape index (κ2) is 7.50. The first-order chi connectivity index (χ1) is 10.5. The fourth-order valence-corrected chi connectivity index (χ4v) is 3.38. The SMILES string of the molecule is Cc1cc(C)c(NC(=O)C(C)CSc2ccccc2)c(C)c1. The summed E-state index contributed by atoms with van der Waals surface area (Å²) in [5, 5.41) is 3.09. The number of hydrogen-bond acceptors (Lipinski definition) is 2. The Kier molecular flexibility index (Phi) is 5.67. The molecule has 0 aromatic heterocycles. The van der Waals surface area contributed by atoms with Gasteiger partial charge in [-0.2, -0.15) is 0 Å². The van der Waals surface area contributed by atoms with Gasteiger partial charge in [0.15, 0.2) is 0 Å². The fourth-order valence-electron chi connectivity index (χ4n) is 2.44. The van der Waals surface area contributed by atoms with Crippen molar-refractivity contribution in [3.8, 4) is 0 Å². The molecule has 0 aliphatic carbocycles. The van der Waals surface area contributed by atoms with Gasteiger partial charge in [-0.3, -0.25) is 4.79 Å². The van der Waals surface area contributed by atoms with Crippen molar-refractivity contribution in [2.75, 3.05) is 11.1 Å². The molecule has 116 valence electrons. The molecule has 1 N–H and O–H groups in total. The van der Waals surface area contributed by atoms with Crippen molar-refractivity contribution >= 4 is 23.4 Å². The lowest BCUT2D eigenvalue weighted by molar-refractivity contribution is -0.118. The van der Waals surface area contributed by atoms with E-state index in [0.717, 1.165) is 22.6 Å². The maximum atomic E-state index is 12.4. The first-order valence-corrected chi connectivity index (χ1v) is 8.52. The lowest BCUT2D eigenvalue weighted by Gasteiger charge is -2.16. The minimum atomic E-state index is -0.0368. The van der Waals surface area contributed by atoms with Crippen LogP contribution in [0.1, 0.15) is 23.6 Å². The van der Waals surface area contributed by atoms with Crippen LogP contribution in [0.2, 0.25) is 0 Å². The average molecular weight is 313 g/mol. The summed E-state index contributed by atoms with van der Waals surface area (Å²) < 4.78 is 0. The molecular formula is C19H23NOS. The molecular weight excluding hydrogens is 290 g/mol. The second-order valence-electron chi connectivity index (χ2n) is 5.79. The summed E-state index contributed by atoms with van der Waals surface area (Å²) in [5.74, 6) is 0.823. The molecule has 2 rings (SSSR count). The largest absolute Gasteiger partial charge is 0.325 e. The van der Waals surface area contributed by atoms with Crippen LogP contribution in [0.5, 0.6) is 0 Å². The van der Waals surface area contributed by atoms with E-state index >= 15 is 0 Å². The number of aryl methyl sites for hydroxylation is 3. The van der Waals surface area contributed by atoms with Gasteiger partial charge in [-0.1, -0.05) is 42.8 Å². The number of carbonyl (C=O) groups excluding carboxylic acids is 1. The zero-order valence-corrected chi connectivity index (χ0v) is 14.5. The Morgan fingerprint density at radius 1 is 1.09 bits per heavy atom. The lowest BCUT2D eigenvalue weighted by atomic mass is 10.0. The van der Waals surface area contributed by atoms with E-state index < -0.39 is 0 Å². The van der Waals surface area contributed by atoms with E-state index in [2.05, 4.69) is 36.5 Å². The maximum absolute atomic E-state index is 12.4. The summed E-state index contributed by atoms with van der Waals surface area (Å²) in [6, 6.07) is 14.4. The molecule has 2 nitrogen and oxygen atoms in total. The molecule has 3 heteroatoms. The monoisotopic (exact) mass is 313 g/mol. The van der Waals surface area contributed by atoms with Crippen molar-refractivity contribution in [1.29, 1.82) is 0 Å². The van der Waals surface area contributed by atoms with Gasteiger partial charge in [-0.05, 0) is 44.0 Å². The standard InChI is InChI=1S/C19H23NOS/c1-13-10-14(2)18(15(3)11-13)20-19(21)16(4)12-22-17-8-6-5-7-9-17/h5-11,16H,12H2,1-4H3,(H,20,21). The van der Waals surface area contributed by atoms with Gasteiger partial charge < -0.3 is 5.32 Å². The van der Waals surface area contributed by atoms with Gasteiger partial charge in [0.2, 0.25) is 5.91 Å². The highest BCUT2D eigenvalue weighted by molar-refractivity contribution is 7.99. The first kappa shape index (κ1) is 16.6. The molecule has 2 aromatic carbocycles. The molecule has 0 saturated carbocycles. The van der Waals surface area contributed by atoms with Crippen LogP contribution in [-0.2, 0) is 4.79 Å². The van der Waals surface area contributed by atoms with Gasteiger partial charge in [-0.25, -0.2) is 0 Å². The van der Waals surface area contributed by atoms with Crippen LogP contribution in [0, 0.1) is 26.7 Å². The highest BCUT2D eigenvalue weighted by Crippen LogP contribution is 2.24. The zero-order valence-electron chi connectivity index (χ0n) is 13.6. The Balaban J connectivity index is 1.97. The Morgan fingerprint density at radius 3 is 2.27 bits per heavy atom. The summed E-state index contributed by atoms with van der Waals surface area (Å²) in [4.78, 5) is 13.6. The summed E-state index contributed by atoms with van der Waals surface area (Å²) >= 11 is 1.72. The third-order valence-corrected chi connectivity index (χ3v) is 4.89. The van der Waals surface area contributed by atoms with Gasteiger partial charge >= 0.3 is 0 Å². The second-order valence-corrected chi connectivity index (χ2v) is 6.88. The number of thioether (sulfide) groups is 1. The van der Waals surface area contributed by atoms with Crippen LogP contribution in [0.25, 0.3) is 0 Å². The number of anilines is 1. The third kappa shape index (κ3) is 4.38. The number of benzene rings is 2. The molecule has 0 aliphatic heterocycles. The third-order valence-electron chi connectivity index (χ3n) is 3.62. The summed E-state index contributed by atoms with van der Waals surface area (Å²) in [5.41, 5.74) is 4.41. The van der Waals surface area contributed by atoms with Crippen molar-refractivity contribution in [2.45, 2.75) is 32.6 Å². The van der Waals surface area contributed by atoms with Crippen molar-refractivity contribution in [3.05, 3.63) is 59.2 Å². The molecule has 0 bridgehead atoms. The molecule has 2 aromatic rings. The molecule has 1 amide bonds. The quantitative estimate of drug-likeness (QED) is 0.789. The molecule has 0 spiro atoms. The normalized spacial score (nSPS) is 12.0. The number of carbonyl (C=O) groups is 1. The number of amides is 1. The van der Waals surface area contributed by atoms with Gasteiger partial charge in [-0.15, -0.1) is 11.8 Å². The summed E-state index contributed by atoms with van der Waals surface area (Å²) in [6.45, 7) is 8.13. The zero-order chi connectivity index (χ0) is 16.1. The molecule has 0 fully saturated rings. The topological polar surface area (TPSA) is 29.1 Å². The van der Waals surface area contributed by atoms with Crippen LogP contribution in [-0.4, -0.2) is 11.7 Å². The van der Waals surface area contributed by atoms with Crippen LogP contribution in [0.4, 0.5) is 5.69 Å². The van der Waals surface area contributed by atoms with Crippen molar-refractivity contribution in [3.63, 3.8) is 0 Å². The predicted octanol–water partition coefficient (Wildman–Crippen LogP) is 4.98. The molecule has 1 unspecified atom stereocenters. The van der Waals surface area contributed by atoms with Crippen LogP contribution in [0.3, 0.4) is 0 Å². The van der Waals surface area contributed by atoms with Gasteiger partial charge in [0.05, 0.1) is 0 Å². The first-order valence-electron chi connectivity index (χ1n) is 7.54. The highest BCUT2D eigenvalue weighted by Gasteiger charge is 2.15. The van der Waals surface area contributed by atoms with Crippen molar-refractivity contribution < 1.29 is 4.79 Å². The Morgan fingerprint density at radius 2 is 1.68 bits per heavy atom. The molecule has 0 heterocycles. The summed E-state index contributed by atoms with van der Waals surface area (Å²) in [7, 11) is 0. The molecule has 0 aliphatic rings. The van der Waals surface area contributed by atoms with E-state index in [-0.39, 0.29) is 11.8 Å². The van der Waals surface area contributed by atoms with E-state index in [1.54, 1.807) is 11.8 Å². The molecule has 0 radical (unpaired) electrons. The van der Waals surface area contributed by atoms with Crippen LogP contribution < -0.4 is 5.32 Å². The number of nitrogens with one attached hydrogen (secondary N) is 1. The Bertz CT molecular complexity index is 629. The lowest BCUT2D eigenvalue weighted by Crippen LogP contribution is -2.23. The molecule has 1 atom stereocenters. The fraction of sp³-hybridized carbons (Fsp3) is 0.316. The number of hydrogen-bond donors (Lipinski definition) is 1. The minimum Gasteiger partial charge on any atom is -0.325 e. The predicted molar refractivity (Wildman–Crippen MR) is 95.6 cm³/mol. The Labute approximate surface area is 137 Å². The van der Waals surface area contributed by atoms with Crippen molar-refractivity contribution in [1.82, 2.24) is 0 Å². The molecule has 22 heavy (non-hydrogen) atoms. The molecule has 0 saturated heterocycles. The van der Waals surface area contributed by atoms with Gasteiger partial charge in [0, 0.05) is 22.3 Å². The Hall–Kier alpha value is -1.74. The van der Waals surface area contributed by atoms with Crippen LogP contribution >= 0.6 is 11.8 Å². The number of rotatable bonds is 5. The van der Waals surface area contributed by atoms with E-state index in [9.17, 15) is 4.79 Å². The summed E-state index contributed by atoms with van der Waals surface area (Å²) in [6.07, 6.45) is 0. The van der Waals surface area contributed by atoms with E-state index in [1.165, 1.54) is 10.5 Å². The van der Waals surface area contributed by atoms with Crippen molar-refractivity contribution in [2.24, 2.45) is 5.92 Å².